The van der Waals surface area contributed by atoms with Crippen LogP contribution in [-0.4, -0.2) is 58.4 Å². The van der Waals surface area contributed by atoms with Crippen LogP contribution < -0.4 is 16.4 Å². The zero-order chi connectivity index (χ0) is 25.1. The molecule has 1 aromatic heterocycles. The number of anilines is 1. The number of nitrogens with zero attached hydrogens (tertiary/aromatic N) is 3. The van der Waals surface area contributed by atoms with Crippen molar-refractivity contribution in [3.63, 3.8) is 0 Å². The van der Waals surface area contributed by atoms with Gasteiger partial charge in [-0.1, -0.05) is 11.6 Å². The predicted octanol–water partition coefficient (Wildman–Crippen LogP) is 2.84. The van der Waals surface area contributed by atoms with Crippen LogP contribution in [0.5, 0.6) is 0 Å². The van der Waals surface area contributed by atoms with Crippen LogP contribution in [0.4, 0.5) is 10.1 Å². The van der Waals surface area contributed by atoms with Gasteiger partial charge < -0.3 is 21.3 Å². The van der Waals surface area contributed by atoms with Gasteiger partial charge in [0.05, 0.1) is 10.6 Å². The second-order valence-electron chi connectivity index (χ2n) is 8.35. The summed E-state index contributed by atoms with van der Waals surface area (Å²) < 4.78 is 14.7. The summed E-state index contributed by atoms with van der Waals surface area (Å²) in [5.74, 6) is -2.29. The molecule has 0 unspecified atom stereocenters. The van der Waals surface area contributed by atoms with Crippen molar-refractivity contribution in [2.24, 2.45) is 5.73 Å². The standard InChI is InChI=1S/C24H24ClFN6O3/c1-31-10-8-16(9-11-31)30-24(35)20-21(22(27)33)32(13-28-20)17-5-3-15(4-6-17)29-23(34)18-7-2-14(26)12-19(18)25/h2-7,12-13,16H,8-11H2,1H3,(H2,27,33)(H,29,34)(H,30,35). The first-order valence-corrected chi connectivity index (χ1v) is 11.3. The number of primary amides is 1. The zero-order valence-electron chi connectivity index (χ0n) is 18.9. The summed E-state index contributed by atoms with van der Waals surface area (Å²) in [7, 11) is 2.03. The van der Waals surface area contributed by atoms with E-state index in [0.717, 1.165) is 38.1 Å². The molecule has 182 valence electrons. The molecule has 1 aliphatic rings. The number of imidazole rings is 1. The molecule has 2 aromatic carbocycles. The number of nitrogens with two attached hydrogens (primary N) is 1. The molecule has 4 rings (SSSR count). The van der Waals surface area contributed by atoms with Crippen molar-refractivity contribution in [1.82, 2.24) is 19.8 Å². The second kappa shape index (κ2) is 10.2. The van der Waals surface area contributed by atoms with Gasteiger partial charge in [0.2, 0.25) is 0 Å². The number of aromatic nitrogens is 2. The average Bonchev–Trinajstić information content (AvgIpc) is 3.27. The van der Waals surface area contributed by atoms with Crippen LogP contribution in [0.2, 0.25) is 5.02 Å². The van der Waals surface area contributed by atoms with Gasteiger partial charge in [-0.3, -0.25) is 19.0 Å². The lowest BCUT2D eigenvalue weighted by molar-refractivity contribution is 0.0899. The molecular formula is C24H24ClFN6O3. The molecule has 35 heavy (non-hydrogen) atoms. The van der Waals surface area contributed by atoms with Crippen LogP contribution in [0, 0.1) is 5.82 Å². The fourth-order valence-electron chi connectivity index (χ4n) is 3.93. The van der Waals surface area contributed by atoms with Crippen molar-refractivity contribution in [1.29, 1.82) is 0 Å². The van der Waals surface area contributed by atoms with Crippen molar-refractivity contribution in [3.8, 4) is 5.69 Å². The number of carbonyl (C=O) groups is 3. The molecule has 3 aromatic rings. The van der Waals surface area contributed by atoms with E-state index in [1.807, 2.05) is 7.05 Å². The summed E-state index contributed by atoms with van der Waals surface area (Å²) in [6.45, 7) is 1.75. The highest BCUT2D eigenvalue weighted by Crippen LogP contribution is 2.21. The largest absolute Gasteiger partial charge is 0.364 e. The average molecular weight is 499 g/mol. The lowest BCUT2D eigenvalue weighted by Crippen LogP contribution is -2.43. The number of benzene rings is 2. The highest BCUT2D eigenvalue weighted by Gasteiger charge is 2.26. The number of amides is 3. The first kappa shape index (κ1) is 24.4. The van der Waals surface area contributed by atoms with E-state index in [9.17, 15) is 18.8 Å². The molecule has 0 bridgehead atoms. The van der Waals surface area contributed by atoms with E-state index in [1.54, 1.807) is 24.3 Å². The van der Waals surface area contributed by atoms with Gasteiger partial charge in [0.25, 0.3) is 17.7 Å². The number of likely N-dealkylation sites (tertiary alicyclic amines) is 1. The minimum absolute atomic E-state index is 0.00193. The molecule has 1 aliphatic heterocycles. The SMILES string of the molecule is CN1CCC(NC(=O)c2ncn(-c3ccc(NC(=O)c4ccc(F)cc4Cl)cc3)c2C(N)=O)CC1. The molecule has 1 fully saturated rings. The second-order valence-corrected chi connectivity index (χ2v) is 8.76. The summed E-state index contributed by atoms with van der Waals surface area (Å²) in [6.07, 6.45) is 2.98. The van der Waals surface area contributed by atoms with Gasteiger partial charge in [-0.25, -0.2) is 9.37 Å². The number of hydrogen-bond acceptors (Lipinski definition) is 5. The molecule has 11 heteroatoms. The van der Waals surface area contributed by atoms with Gasteiger partial charge in [0.1, 0.15) is 17.8 Å². The third kappa shape index (κ3) is 5.50. The van der Waals surface area contributed by atoms with Crippen LogP contribution in [0.1, 0.15) is 44.2 Å². The maximum Gasteiger partial charge on any atom is 0.272 e. The quantitative estimate of drug-likeness (QED) is 0.482. The Labute approximate surface area is 206 Å². The van der Waals surface area contributed by atoms with Crippen molar-refractivity contribution in [2.45, 2.75) is 18.9 Å². The van der Waals surface area contributed by atoms with Crippen LogP contribution in [0.25, 0.3) is 5.69 Å². The molecule has 0 saturated carbocycles. The lowest BCUT2D eigenvalue weighted by Gasteiger charge is -2.29. The molecule has 2 heterocycles. The fraction of sp³-hybridized carbons (Fsp3) is 0.250. The van der Waals surface area contributed by atoms with E-state index >= 15 is 0 Å². The Hall–Kier alpha value is -3.76. The minimum Gasteiger partial charge on any atom is -0.364 e. The summed E-state index contributed by atoms with van der Waals surface area (Å²) in [5, 5.41) is 5.61. The molecule has 0 spiro atoms. The summed E-state index contributed by atoms with van der Waals surface area (Å²) in [6, 6.07) is 9.98. The van der Waals surface area contributed by atoms with Crippen molar-refractivity contribution >= 4 is 35.0 Å². The Morgan fingerprint density at radius 1 is 1.09 bits per heavy atom. The number of hydrogen-bond donors (Lipinski definition) is 3. The highest BCUT2D eigenvalue weighted by molar-refractivity contribution is 6.34. The van der Waals surface area contributed by atoms with Crippen LogP contribution in [0.15, 0.2) is 48.8 Å². The third-order valence-electron chi connectivity index (χ3n) is 5.85. The van der Waals surface area contributed by atoms with E-state index in [2.05, 4.69) is 20.5 Å². The van der Waals surface area contributed by atoms with E-state index in [1.165, 1.54) is 17.0 Å². The van der Waals surface area contributed by atoms with Crippen LogP contribution in [0.3, 0.4) is 0 Å². The maximum atomic E-state index is 13.2. The van der Waals surface area contributed by atoms with Crippen molar-refractivity contribution in [3.05, 3.63) is 76.6 Å². The van der Waals surface area contributed by atoms with Crippen LogP contribution in [-0.2, 0) is 0 Å². The van der Waals surface area contributed by atoms with Gasteiger partial charge >= 0.3 is 0 Å². The Morgan fingerprint density at radius 2 is 1.77 bits per heavy atom. The monoisotopic (exact) mass is 498 g/mol. The Morgan fingerprint density at radius 3 is 2.40 bits per heavy atom. The number of halogens is 2. The number of piperidine rings is 1. The molecule has 4 N–H and O–H groups in total. The van der Waals surface area contributed by atoms with Gasteiger partial charge in [0.15, 0.2) is 5.69 Å². The smallest absolute Gasteiger partial charge is 0.272 e. The first-order valence-electron chi connectivity index (χ1n) is 11.0. The molecule has 9 nitrogen and oxygen atoms in total. The Kier molecular flexibility index (Phi) is 7.13. The normalized spacial score (nSPS) is 14.5. The highest BCUT2D eigenvalue weighted by atomic mass is 35.5. The summed E-state index contributed by atoms with van der Waals surface area (Å²) in [5.41, 5.74) is 6.60. The molecule has 0 radical (unpaired) electrons. The topological polar surface area (TPSA) is 122 Å². The molecule has 0 atom stereocenters. The fourth-order valence-corrected chi connectivity index (χ4v) is 4.18. The minimum atomic E-state index is -0.792. The van der Waals surface area contributed by atoms with Gasteiger partial charge in [-0.05, 0) is 75.4 Å². The number of nitrogens with one attached hydrogen (secondary N) is 2. The van der Waals surface area contributed by atoms with Crippen molar-refractivity contribution in [2.75, 3.05) is 25.5 Å². The molecule has 3 amide bonds. The third-order valence-corrected chi connectivity index (χ3v) is 6.16. The van der Waals surface area contributed by atoms with E-state index in [4.69, 9.17) is 17.3 Å². The number of rotatable bonds is 6. The molecule has 0 aliphatic carbocycles. The van der Waals surface area contributed by atoms with Crippen LogP contribution >= 0.6 is 11.6 Å². The van der Waals surface area contributed by atoms with Crippen molar-refractivity contribution < 1.29 is 18.8 Å². The summed E-state index contributed by atoms with van der Waals surface area (Å²) >= 11 is 5.95. The van der Waals surface area contributed by atoms with Gasteiger partial charge in [0, 0.05) is 17.4 Å². The van der Waals surface area contributed by atoms with E-state index < -0.39 is 23.5 Å². The number of carbonyl (C=O) groups excluding carboxylic acids is 3. The predicted molar refractivity (Wildman–Crippen MR) is 129 cm³/mol. The molecule has 1 saturated heterocycles. The van der Waals surface area contributed by atoms with Gasteiger partial charge in [-0.2, -0.15) is 0 Å². The van der Waals surface area contributed by atoms with E-state index in [0.29, 0.717) is 11.4 Å². The summed E-state index contributed by atoms with van der Waals surface area (Å²) in [4.78, 5) is 43.8. The maximum absolute atomic E-state index is 13.2. The molecular weight excluding hydrogens is 475 g/mol. The lowest BCUT2D eigenvalue weighted by atomic mass is 10.1. The Balaban J connectivity index is 1.51. The Bertz CT molecular complexity index is 1270. The zero-order valence-corrected chi connectivity index (χ0v) is 19.7. The first-order chi connectivity index (χ1) is 16.7. The van der Waals surface area contributed by atoms with E-state index in [-0.39, 0.29) is 28.0 Å². The van der Waals surface area contributed by atoms with Gasteiger partial charge in [-0.15, -0.1) is 0 Å².